The molecule has 0 saturated carbocycles. The molecule has 0 aliphatic rings. The SMILES string of the molecule is C=C(C(C)C)C(C)(C)C/C=C(\C)C(C)C. The summed E-state index contributed by atoms with van der Waals surface area (Å²) >= 11 is 0. The van der Waals surface area contributed by atoms with Crippen LogP contribution in [-0.2, 0) is 0 Å². The Bertz CT molecular complexity index is 239. The molecular weight excluding hydrogens is 180 g/mol. The topological polar surface area (TPSA) is 0 Å². The van der Waals surface area contributed by atoms with E-state index < -0.39 is 0 Å². The van der Waals surface area contributed by atoms with E-state index in [0.717, 1.165) is 6.42 Å². The number of hydrogen-bond donors (Lipinski definition) is 0. The average Bonchev–Trinajstić information content (AvgIpc) is 2.12. The second-order valence-corrected chi connectivity index (χ2v) is 5.87. The van der Waals surface area contributed by atoms with Crippen LogP contribution in [-0.4, -0.2) is 0 Å². The minimum atomic E-state index is 0.227. The lowest BCUT2D eigenvalue weighted by Gasteiger charge is -2.29. The molecular formula is C15H28. The molecule has 0 aliphatic heterocycles. The molecule has 0 aliphatic carbocycles. The lowest BCUT2D eigenvalue weighted by molar-refractivity contribution is 0.408. The van der Waals surface area contributed by atoms with Crippen molar-refractivity contribution in [2.75, 3.05) is 0 Å². The maximum absolute atomic E-state index is 4.22. The highest BCUT2D eigenvalue weighted by Crippen LogP contribution is 2.34. The van der Waals surface area contributed by atoms with Gasteiger partial charge in [-0.3, -0.25) is 0 Å². The van der Waals surface area contributed by atoms with Gasteiger partial charge >= 0.3 is 0 Å². The standard InChI is InChI=1S/C15H28/c1-11(2)13(5)9-10-15(7,8)14(6)12(3)4/h9,11-12H,6,10H2,1-5,7-8H3/b13-9+. The molecule has 0 amide bonds. The molecule has 0 spiro atoms. The summed E-state index contributed by atoms with van der Waals surface area (Å²) in [5, 5.41) is 0. The van der Waals surface area contributed by atoms with E-state index in [1.54, 1.807) is 0 Å². The van der Waals surface area contributed by atoms with Crippen LogP contribution in [0.2, 0.25) is 0 Å². The van der Waals surface area contributed by atoms with Gasteiger partial charge in [0, 0.05) is 0 Å². The first-order chi connectivity index (χ1) is 6.68. The number of hydrogen-bond acceptors (Lipinski definition) is 0. The van der Waals surface area contributed by atoms with E-state index in [-0.39, 0.29) is 5.41 Å². The average molecular weight is 208 g/mol. The normalized spacial score (nSPS) is 13.8. The fraction of sp³-hybridized carbons (Fsp3) is 0.733. The first-order valence-electron chi connectivity index (χ1n) is 6.04. The molecule has 15 heavy (non-hydrogen) atoms. The molecule has 0 atom stereocenters. The highest BCUT2D eigenvalue weighted by Gasteiger charge is 2.22. The van der Waals surface area contributed by atoms with Crippen molar-refractivity contribution >= 4 is 0 Å². The van der Waals surface area contributed by atoms with Crippen LogP contribution in [0.4, 0.5) is 0 Å². The van der Waals surface area contributed by atoms with Crippen LogP contribution in [0, 0.1) is 17.3 Å². The van der Waals surface area contributed by atoms with Crippen molar-refractivity contribution in [2.24, 2.45) is 17.3 Å². The van der Waals surface area contributed by atoms with Crippen LogP contribution in [0.1, 0.15) is 54.9 Å². The fourth-order valence-electron chi connectivity index (χ4n) is 1.56. The van der Waals surface area contributed by atoms with Crippen molar-refractivity contribution in [2.45, 2.75) is 54.9 Å². The minimum absolute atomic E-state index is 0.227. The predicted molar refractivity (Wildman–Crippen MR) is 71.0 cm³/mol. The summed E-state index contributed by atoms with van der Waals surface area (Å²) < 4.78 is 0. The van der Waals surface area contributed by atoms with Gasteiger partial charge in [0.2, 0.25) is 0 Å². The van der Waals surface area contributed by atoms with Crippen LogP contribution in [0.15, 0.2) is 23.8 Å². The quantitative estimate of drug-likeness (QED) is 0.544. The summed E-state index contributed by atoms with van der Waals surface area (Å²) in [6.45, 7) is 20.0. The Morgan fingerprint density at radius 2 is 1.60 bits per heavy atom. The summed E-state index contributed by atoms with van der Waals surface area (Å²) in [5.74, 6) is 1.24. The van der Waals surface area contributed by atoms with Gasteiger partial charge in [0.05, 0.1) is 0 Å². The Morgan fingerprint density at radius 1 is 1.13 bits per heavy atom. The zero-order valence-electron chi connectivity index (χ0n) is 11.6. The first kappa shape index (κ1) is 14.5. The van der Waals surface area contributed by atoms with Crippen LogP contribution >= 0.6 is 0 Å². The maximum Gasteiger partial charge on any atom is -0.0110 e. The van der Waals surface area contributed by atoms with E-state index in [0.29, 0.717) is 11.8 Å². The lowest BCUT2D eigenvalue weighted by atomic mass is 9.76. The van der Waals surface area contributed by atoms with Gasteiger partial charge in [0.15, 0.2) is 0 Å². The first-order valence-corrected chi connectivity index (χ1v) is 6.04. The summed E-state index contributed by atoms with van der Waals surface area (Å²) in [5.41, 5.74) is 3.07. The van der Waals surface area contributed by atoms with Crippen LogP contribution < -0.4 is 0 Å². The van der Waals surface area contributed by atoms with Gasteiger partial charge in [0.25, 0.3) is 0 Å². The van der Waals surface area contributed by atoms with Crippen LogP contribution in [0.25, 0.3) is 0 Å². The molecule has 0 nitrogen and oxygen atoms in total. The van der Waals surface area contributed by atoms with Gasteiger partial charge in [-0.25, -0.2) is 0 Å². The summed E-state index contributed by atoms with van der Waals surface area (Å²) in [7, 11) is 0. The summed E-state index contributed by atoms with van der Waals surface area (Å²) in [6.07, 6.45) is 3.48. The molecule has 0 aromatic heterocycles. The van der Waals surface area contributed by atoms with Gasteiger partial charge in [-0.1, -0.05) is 65.3 Å². The molecule has 0 aromatic rings. The fourth-order valence-corrected chi connectivity index (χ4v) is 1.56. The van der Waals surface area contributed by atoms with E-state index in [1.807, 2.05) is 0 Å². The Balaban J connectivity index is 4.52. The second kappa shape index (κ2) is 5.53. The third kappa shape index (κ3) is 4.68. The molecule has 0 rings (SSSR count). The van der Waals surface area contributed by atoms with Crippen LogP contribution in [0.3, 0.4) is 0 Å². The number of rotatable bonds is 5. The molecule has 0 heterocycles. The van der Waals surface area contributed by atoms with Crippen molar-refractivity contribution in [3.05, 3.63) is 23.8 Å². The van der Waals surface area contributed by atoms with Gasteiger partial charge in [-0.05, 0) is 30.6 Å². The molecule has 0 fully saturated rings. The zero-order chi connectivity index (χ0) is 12.2. The molecule has 0 unspecified atom stereocenters. The summed E-state index contributed by atoms with van der Waals surface area (Å²) in [4.78, 5) is 0. The van der Waals surface area contributed by atoms with E-state index in [2.05, 4.69) is 61.1 Å². The van der Waals surface area contributed by atoms with E-state index in [9.17, 15) is 0 Å². The van der Waals surface area contributed by atoms with E-state index in [1.165, 1.54) is 11.1 Å². The molecule has 0 N–H and O–H groups in total. The third-order valence-corrected chi connectivity index (χ3v) is 3.41. The van der Waals surface area contributed by atoms with Gasteiger partial charge in [0.1, 0.15) is 0 Å². The monoisotopic (exact) mass is 208 g/mol. The van der Waals surface area contributed by atoms with Crippen molar-refractivity contribution in [3.8, 4) is 0 Å². The van der Waals surface area contributed by atoms with Gasteiger partial charge in [-0.2, -0.15) is 0 Å². The largest absolute Gasteiger partial charge is 0.0990 e. The molecule has 0 bridgehead atoms. The predicted octanol–water partition coefficient (Wildman–Crippen LogP) is 5.22. The van der Waals surface area contributed by atoms with Gasteiger partial charge < -0.3 is 0 Å². The third-order valence-electron chi connectivity index (χ3n) is 3.41. The maximum atomic E-state index is 4.22. The van der Waals surface area contributed by atoms with Crippen molar-refractivity contribution < 1.29 is 0 Å². The highest BCUT2D eigenvalue weighted by atomic mass is 14.3. The highest BCUT2D eigenvalue weighted by molar-refractivity contribution is 5.13. The van der Waals surface area contributed by atoms with Crippen molar-refractivity contribution in [1.82, 2.24) is 0 Å². The van der Waals surface area contributed by atoms with Gasteiger partial charge in [-0.15, -0.1) is 0 Å². The molecule has 88 valence electrons. The molecule has 0 radical (unpaired) electrons. The lowest BCUT2D eigenvalue weighted by Crippen LogP contribution is -2.17. The molecule has 0 aromatic carbocycles. The Hall–Kier alpha value is -0.520. The zero-order valence-corrected chi connectivity index (χ0v) is 11.6. The smallest absolute Gasteiger partial charge is 0.0110 e. The minimum Gasteiger partial charge on any atom is -0.0990 e. The van der Waals surface area contributed by atoms with Crippen molar-refractivity contribution in [3.63, 3.8) is 0 Å². The Kier molecular flexibility index (Phi) is 5.34. The van der Waals surface area contributed by atoms with E-state index >= 15 is 0 Å². The Morgan fingerprint density at radius 3 is 1.93 bits per heavy atom. The Labute approximate surface area is 96.5 Å². The summed E-state index contributed by atoms with van der Waals surface area (Å²) in [6, 6.07) is 0. The van der Waals surface area contributed by atoms with Crippen molar-refractivity contribution in [1.29, 1.82) is 0 Å². The van der Waals surface area contributed by atoms with Crippen LogP contribution in [0.5, 0.6) is 0 Å². The molecule has 0 saturated heterocycles. The van der Waals surface area contributed by atoms with E-state index in [4.69, 9.17) is 0 Å². The molecule has 0 heteroatoms. The number of allylic oxidation sites excluding steroid dienone is 3. The second-order valence-electron chi connectivity index (χ2n) is 5.87.